The average molecular weight is 358 g/mol. The van der Waals surface area contributed by atoms with E-state index in [1.165, 1.54) is 16.7 Å². The zero-order valence-electron chi connectivity index (χ0n) is 15.6. The lowest BCUT2D eigenvalue weighted by atomic mass is 10.00. The van der Waals surface area contributed by atoms with Gasteiger partial charge in [0.05, 0.1) is 0 Å². The Balaban J connectivity index is 1.54. The molecule has 2 aromatic carbocycles. The molecule has 2 heterocycles. The molecule has 0 saturated carbocycles. The third-order valence-electron chi connectivity index (χ3n) is 5.14. The van der Waals surface area contributed by atoms with Gasteiger partial charge in [0.25, 0.3) is 5.91 Å². The summed E-state index contributed by atoms with van der Waals surface area (Å²) in [6.07, 6.45) is 2.51. The second kappa shape index (κ2) is 7.19. The minimum absolute atomic E-state index is 0.0593. The number of carbonyl (C=O) groups excluding carboxylic acids is 1. The molecule has 136 valence electrons. The van der Waals surface area contributed by atoms with E-state index in [1.54, 1.807) is 12.3 Å². The molecule has 27 heavy (non-hydrogen) atoms. The standard InChI is InChI=1S/C22H22N4O/c1-15-6-5-9-19(16(15)2)24-22-23-12-10-20(25-22)21(27)26-13-11-17-7-3-4-8-18(17)14-26/h3-10,12H,11,13-14H2,1-2H3,(H,23,24,25). The van der Waals surface area contributed by atoms with Gasteiger partial charge in [-0.25, -0.2) is 9.97 Å². The van der Waals surface area contributed by atoms with Crippen LogP contribution >= 0.6 is 0 Å². The predicted octanol–water partition coefficient (Wildman–Crippen LogP) is 4.04. The van der Waals surface area contributed by atoms with Crippen molar-refractivity contribution >= 4 is 17.5 Å². The Morgan fingerprint density at radius 2 is 1.85 bits per heavy atom. The van der Waals surface area contributed by atoms with E-state index in [1.807, 2.05) is 29.2 Å². The van der Waals surface area contributed by atoms with E-state index < -0.39 is 0 Å². The lowest BCUT2D eigenvalue weighted by Gasteiger charge is -2.28. The van der Waals surface area contributed by atoms with Crippen LogP contribution in [-0.2, 0) is 13.0 Å². The second-order valence-electron chi connectivity index (χ2n) is 6.88. The summed E-state index contributed by atoms with van der Waals surface area (Å²) in [5.41, 5.74) is 6.23. The maximum absolute atomic E-state index is 12.9. The van der Waals surface area contributed by atoms with Gasteiger partial charge in [-0.1, -0.05) is 36.4 Å². The molecule has 1 N–H and O–H groups in total. The number of rotatable bonds is 3. The summed E-state index contributed by atoms with van der Waals surface area (Å²) >= 11 is 0. The Bertz CT molecular complexity index is 999. The summed E-state index contributed by atoms with van der Waals surface area (Å²) < 4.78 is 0. The van der Waals surface area contributed by atoms with Crippen molar-refractivity contribution in [2.24, 2.45) is 0 Å². The Morgan fingerprint density at radius 1 is 1.04 bits per heavy atom. The van der Waals surface area contributed by atoms with E-state index in [0.29, 0.717) is 24.7 Å². The van der Waals surface area contributed by atoms with E-state index >= 15 is 0 Å². The Morgan fingerprint density at radius 3 is 2.70 bits per heavy atom. The van der Waals surface area contributed by atoms with Crippen molar-refractivity contribution in [3.63, 3.8) is 0 Å². The first-order valence-electron chi connectivity index (χ1n) is 9.14. The number of hydrogen-bond donors (Lipinski definition) is 1. The van der Waals surface area contributed by atoms with E-state index in [-0.39, 0.29) is 5.91 Å². The lowest BCUT2D eigenvalue weighted by molar-refractivity contribution is 0.0728. The number of carbonyl (C=O) groups is 1. The molecule has 1 aliphatic heterocycles. The van der Waals surface area contributed by atoms with E-state index in [2.05, 4.69) is 47.3 Å². The van der Waals surface area contributed by atoms with Crippen molar-refractivity contribution in [2.75, 3.05) is 11.9 Å². The van der Waals surface area contributed by atoms with Gasteiger partial charge in [0, 0.05) is 25.0 Å². The van der Waals surface area contributed by atoms with Crippen LogP contribution in [0.15, 0.2) is 54.7 Å². The molecule has 5 nitrogen and oxygen atoms in total. The molecule has 1 amide bonds. The molecule has 0 saturated heterocycles. The molecule has 0 radical (unpaired) electrons. The lowest BCUT2D eigenvalue weighted by Crippen LogP contribution is -2.36. The van der Waals surface area contributed by atoms with Crippen molar-refractivity contribution in [3.8, 4) is 0 Å². The number of nitrogens with one attached hydrogen (secondary N) is 1. The summed E-state index contributed by atoms with van der Waals surface area (Å²) in [6, 6.07) is 16.0. The van der Waals surface area contributed by atoms with Crippen LogP contribution in [0.1, 0.15) is 32.7 Å². The van der Waals surface area contributed by atoms with Gasteiger partial charge < -0.3 is 10.2 Å². The van der Waals surface area contributed by atoms with Crippen molar-refractivity contribution in [3.05, 3.63) is 82.7 Å². The summed E-state index contributed by atoms with van der Waals surface area (Å²) in [5, 5.41) is 3.23. The fourth-order valence-electron chi connectivity index (χ4n) is 3.38. The van der Waals surface area contributed by atoms with Crippen LogP contribution in [0.3, 0.4) is 0 Å². The highest BCUT2D eigenvalue weighted by atomic mass is 16.2. The van der Waals surface area contributed by atoms with Gasteiger partial charge in [0.1, 0.15) is 5.69 Å². The zero-order valence-corrected chi connectivity index (χ0v) is 15.6. The third kappa shape index (κ3) is 3.53. The summed E-state index contributed by atoms with van der Waals surface area (Å²) in [4.78, 5) is 23.5. The molecule has 0 atom stereocenters. The second-order valence-corrected chi connectivity index (χ2v) is 6.88. The Hall–Kier alpha value is -3.21. The van der Waals surface area contributed by atoms with Gasteiger partial charge >= 0.3 is 0 Å². The number of hydrogen-bond acceptors (Lipinski definition) is 4. The van der Waals surface area contributed by atoms with E-state index in [4.69, 9.17) is 0 Å². The van der Waals surface area contributed by atoms with Crippen LogP contribution in [0, 0.1) is 13.8 Å². The van der Waals surface area contributed by atoms with Crippen LogP contribution in [-0.4, -0.2) is 27.3 Å². The average Bonchev–Trinajstić information content (AvgIpc) is 2.71. The third-order valence-corrected chi connectivity index (χ3v) is 5.14. The number of anilines is 2. The maximum Gasteiger partial charge on any atom is 0.272 e. The first-order valence-corrected chi connectivity index (χ1v) is 9.14. The van der Waals surface area contributed by atoms with Gasteiger partial charge in [-0.15, -0.1) is 0 Å². The number of benzene rings is 2. The van der Waals surface area contributed by atoms with Crippen LogP contribution in [0.2, 0.25) is 0 Å². The number of fused-ring (bicyclic) bond motifs is 1. The fraction of sp³-hybridized carbons (Fsp3) is 0.227. The molecule has 5 heteroatoms. The first-order chi connectivity index (χ1) is 13.1. The highest BCUT2D eigenvalue weighted by molar-refractivity contribution is 5.92. The Kier molecular flexibility index (Phi) is 4.59. The fourth-order valence-corrected chi connectivity index (χ4v) is 3.38. The molecule has 0 unspecified atom stereocenters. The molecule has 0 aliphatic carbocycles. The zero-order chi connectivity index (χ0) is 18.8. The van der Waals surface area contributed by atoms with Gasteiger partial charge in [-0.2, -0.15) is 0 Å². The summed E-state index contributed by atoms with van der Waals surface area (Å²) in [5.74, 6) is 0.378. The quantitative estimate of drug-likeness (QED) is 0.768. The maximum atomic E-state index is 12.9. The molecule has 0 fully saturated rings. The van der Waals surface area contributed by atoms with Crippen LogP contribution in [0.25, 0.3) is 0 Å². The molecule has 1 aliphatic rings. The van der Waals surface area contributed by atoms with Gasteiger partial charge in [0.2, 0.25) is 5.95 Å². The topological polar surface area (TPSA) is 58.1 Å². The normalized spacial score (nSPS) is 13.2. The molecular formula is C22H22N4O. The minimum atomic E-state index is -0.0593. The molecule has 3 aromatic rings. The number of amides is 1. The van der Waals surface area contributed by atoms with Crippen molar-refractivity contribution in [1.82, 2.24) is 14.9 Å². The van der Waals surface area contributed by atoms with Crippen molar-refractivity contribution in [2.45, 2.75) is 26.8 Å². The highest BCUT2D eigenvalue weighted by Gasteiger charge is 2.22. The van der Waals surface area contributed by atoms with Gasteiger partial charge in [-0.05, 0) is 54.7 Å². The summed E-state index contributed by atoms with van der Waals surface area (Å²) in [7, 11) is 0. The number of aryl methyl sites for hydroxylation is 1. The van der Waals surface area contributed by atoms with Gasteiger partial charge in [-0.3, -0.25) is 4.79 Å². The van der Waals surface area contributed by atoms with E-state index in [9.17, 15) is 4.79 Å². The largest absolute Gasteiger partial charge is 0.333 e. The number of aromatic nitrogens is 2. The Labute approximate surface area is 159 Å². The molecule has 1 aromatic heterocycles. The minimum Gasteiger partial charge on any atom is -0.333 e. The van der Waals surface area contributed by atoms with Crippen molar-refractivity contribution < 1.29 is 4.79 Å². The monoisotopic (exact) mass is 358 g/mol. The molecule has 4 rings (SSSR count). The predicted molar refractivity (Wildman–Crippen MR) is 106 cm³/mol. The molecule has 0 spiro atoms. The SMILES string of the molecule is Cc1cccc(Nc2nccc(C(=O)N3CCc4ccccc4C3)n2)c1C. The van der Waals surface area contributed by atoms with E-state index in [0.717, 1.165) is 17.7 Å². The van der Waals surface area contributed by atoms with Crippen molar-refractivity contribution in [1.29, 1.82) is 0 Å². The molecular weight excluding hydrogens is 336 g/mol. The van der Waals surface area contributed by atoms with Crippen LogP contribution < -0.4 is 5.32 Å². The summed E-state index contributed by atoms with van der Waals surface area (Å²) in [6.45, 7) is 5.45. The molecule has 0 bridgehead atoms. The smallest absolute Gasteiger partial charge is 0.272 e. The van der Waals surface area contributed by atoms with Crippen LogP contribution in [0.5, 0.6) is 0 Å². The van der Waals surface area contributed by atoms with Gasteiger partial charge in [0.15, 0.2) is 0 Å². The van der Waals surface area contributed by atoms with Crippen LogP contribution in [0.4, 0.5) is 11.6 Å². The highest BCUT2D eigenvalue weighted by Crippen LogP contribution is 2.22. The number of nitrogens with zero attached hydrogens (tertiary/aromatic N) is 3. The first kappa shape index (κ1) is 17.2.